The molecule has 0 N–H and O–H groups in total. The van der Waals surface area contributed by atoms with Gasteiger partial charge in [-0.2, -0.15) is 0 Å². The summed E-state index contributed by atoms with van der Waals surface area (Å²) in [5, 5.41) is 1.93. The molecule has 12 rings (SSSR count). The minimum Gasteiger partial charge on any atom is -0.456 e. The topological polar surface area (TPSA) is 55.1 Å². The van der Waals surface area contributed by atoms with E-state index in [9.17, 15) is 0 Å². The lowest BCUT2D eigenvalue weighted by atomic mass is 9.62. The second-order valence-corrected chi connectivity index (χ2v) is 15.9. The van der Waals surface area contributed by atoms with Gasteiger partial charge < -0.3 is 9.32 Å². The Balaban J connectivity index is 1.11. The predicted octanol–water partition coefficient (Wildman–Crippen LogP) is 14.6. The molecule has 2 aromatic heterocycles. The monoisotopic (exact) mass is 806 g/mol. The first kappa shape index (κ1) is 36.4. The van der Waals surface area contributed by atoms with Crippen molar-refractivity contribution in [2.24, 2.45) is 0 Å². The van der Waals surface area contributed by atoms with Crippen LogP contribution >= 0.6 is 0 Å². The van der Waals surface area contributed by atoms with Crippen LogP contribution in [-0.2, 0) is 5.41 Å². The molecule has 1 aliphatic rings. The summed E-state index contributed by atoms with van der Waals surface area (Å²) in [7, 11) is 0. The second kappa shape index (κ2) is 14.9. The second-order valence-electron chi connectivity index (χ2n) is 15.9. The minimum atomic E-state index is -0.624. The molecule has 1 aliphatic heterocycles. The maximum atomic E-state index is 6.65. The van der Waals surface area contributed by atoms with Gasteiger partial charge in [-0.15, -0.1) is 0 Å². The highest BCUT2D eigenvalue weighted by molar-refractivity contribution is 6.13. The van der Waals surface area contributed by atoms with Gasteiger partial charge in [0.1, 0.15) is 11.2 Å². The third-order valence-corrected chi connectivity index (χ3v) is 12.4. The average Bonchev–Trinajstić information content (AvgIpc) is 3.75. The van der Waals surface area contributed by atoms with E-state index in [4.69, 9.17) is 19.4 Å². The molecule has 9 aromatic carbocycles. The zero-order valence-electron chi connectivity index (χ0n) is 34.1. The van der Waals surface area contributed by atoms with Gasteiger partial charge in [0.2, 0.25) is 0 Å². The van der Waals surface area contributed by atoms with Crippen LogP contribution in [0.3, 0.4) is 0 Å². The lowest BCUT2D eigenvalue weighted by Gasteiger charge is -2.46. The molecule has 296 valence electrons. The highest BCUT2D eigenvalue weighted by Crippen LogP contribution is 2.58. The van der Waals surface area contributed by atoms with Crippen LogP contribution in [0.5, 0.6) is 0 Å². The van der Waals surface area contributed by atoms with Crippen LogP contribution in [0.15, 0.2) is 235 Å². The number of hydrogen-bond donors (Lipinski definition) is 0. The highest BCUT2D eigenvalue weighted by Gasteiger charge is 2.46. The van der Waals surface area contributed by atoms with Crippen molar-refractivity contribution in [1.82, 2.24) is 15.0 Å². The standard InChI is InChI=1S/C58H38N4O/c1-6-19-39(20-7-1)42-33-35-51-49(37-42)58(43-25-12-4-13-26-43,44-27-14-5-15-28-44)48-30-16-17-31-50(48)62(51)45-34-36-52-47(38-45)54-46(29-18-32-53(54)63-52)57-60-55(40-21-8-2-9-22-40)59-56(61-57)41-23-10-3-11-24-41/h1-38H. The molecule has 0 unspecified atom stereocenters. The van der Waals surface area contributed by atoms with Gasteiger partial charge >= 0.3 is 0 Å². The molecule has 63 heavy (non-hydrogen) atoms. The number of nitrogens with zero attached hydrogens (tertiary/aromatic N) is 4. The SMILES string of the molecule is c1ccc(-c2ccc3c(c2)C(c2ccccc2)(c2ccccc2)c2ccccc2N3c2ccc3oc4cccc(-c5nc(-c6ccccc6)nc(-c6ccccc6)n5)c4c3c2)cc1. The van der Waals surface area contributed by atoms with Crippen molar-refractivity contribution >= 4 is 39.0 Å². The van der Waals surface area contributed by atoms with Crippen molar-refractivity contribution in [2.75, 3.05) is 4.90 Å². The molecule has 0 amide bonds. The van der Waals surface area contributed by atoms with Crippen LogP contribution in [-0.4, -0.2) is 15.0 Å². The lowest BCUT2D eigenvalue weighted by Crippen LogP contribution is -2.37. The number of rotatable bonds is 7. The smallest absolute Gasteiger partial charge is 0.164 e. The molecule has 0 saturated carbocycles. The molecule has 5 nitrogen and oxygen atoms in total. The predicted molar refractivity (Wildman–Crippen MR) is 255 cm³/mol. The molecule has 0 atom stereocenters. The third-order valence-electron chi connectivity index (χ3n) is 12.4. The first-order valence-electron chi connectivity index (χ1n) is 21.3. The zero-order valence-corrected chi connectivity index (χ0v) is 34.1. The van der Waals surface area contributed by atoms with E-state index in [1.165, 1.54) is 27.8 Å². The van der Waals surface area contributed by atoms with Gasteiger partial charge in [-0.05, 0) is 75.8 Å². The molecular formula is C58H38N4O. The summed E-state index contributed by atoms with van der Waals surface area (Å²) >= 11 is 0. The Kier molecular flexibility index (Phi) is 8.64. The third kappa shape index (κ3) is 5.97. The maximum Gasteiger partial charge on any atom is 0.164 e. The van der Waals surface area contributed by atoms with Crippen LogP contribution in [0.25, 0.3) is 67.2 Å². The Hall–Kier alpha value is -8.41. The van der Waals surface area contributed by atoms with E-state index in [0.29, 0.717) is 17.5 Å². The first-order valence-corrected chi connectivity index (χ1v) is 21.3. The number of aromatic nitrogens is 3. The summed E-state index contributed by atoms with van der Waals surface area (Å²) in [6.45, 7) is 0. The summed E-state index contributed by atoms with van der Waals surface area (Å²) in [6.07, 6.45) is 0. The number of furan rings is 1. The number of para-hydroxylation sites is 1. The van der Waals surface area contributed by atoms with Crippen molar-refractivity contribution in [3.63, 3.8) is 0 Å². The Morgan fingerprint density at radius 1 is 0.365 bits per heavy atom. The van der Waals surface area contributed by atoms with Crippen molar-refractivity contribution in [3.05, 3.63) is 253 Å². The zero-order chi connectivity index (χ0) is 41.7. The van der Waals surface area contributed by atoms with E-state index in [1.807, 2.05) is 72.8 Å². The molecule has 0 saturated heterocycles. The van der Waals surface area contributed by atoms with Crippen LogP contribution < -0.4 is 4.90 Å². The first-order chi connectivity index (χ1) is 31.2. The quantitative estimate of drug-likeness (QED) is 0.161. The minimum absolute atomic E-state index is 0.582. The van der Waals surface area contributed by atoms with Gasteiger partial charge in [-0.3, -0.25) is 0 Å². The van der Waals surface area contributed by atoms with Crippen LogP contribution in [0.4, 0.5) is 17.1 Å². The Labute approximate surface area is 365 Å². The Morgan fingerprint density at radius 3 is 1.54 bits per heavy atom. The number of anilines is 3. The Bertz CT molecular complexity index is 3350. The summed E-state index contributed by atoms with van der Waals surface area (Å²) in [4.78, 5) is 17.7. The molecule has 11 aromatic rings. The van der Waals surface area contributed by atoms with Crippen LogP contribution in [0.1, 0.15) is 22.3 Å². The summed E-state index contributed by atoms with van der Waals surface area (Å²) in [5.74, 6) is 1.81. The van der Waals surface area contributed by atoms with Crippen molar-refractivity contribution < 1.29 is 4.42 Å². The summed E-state index contributed by atoms with van der Waals surface area (Å²) < 4.78 is 6.65. The molecule has 0 spiro atoms. The number of fused-ring (bicyclic) bond motifs is 5. The maximum absolute atomic E-state index is 6.65. The van der Waals surface area contributed by atoms with E-state index in [0.717, 1.165) is 61.3 Å². The fraction of sp³-hybridized carbons (Fsp3) is 0.0172. The summed E-state index contributed by atoms with van der Waals surface area (Å²) in [6, 6.07) is 81.3. The van der Waals surface area contributed by atoms with Crippen molar-refractivity contribution in [1.29, 1.82) is 0 Å². The van der Waals surface area contributed by atoms with E-state index in [1.54, 1.807) is 0 Å². The van der Waals surface area contributed by atoms with Gasteiger partial charge in [-0.25, -0.2) is 15.0 Å². The normalized spacial score (nSPS) is 12.9. The van der Waals surface area contributed by atoms with E-state index in [2.05, 4.69) is 163 Å². The molecule has 0 fully saturated rings. The summed E-state index contributed by atoms with van der Waals surface area (Å²) in [5.41, 5.74) is 14.0. The molecule has 5 heteroatoms. The van der Waals surface area contributed by atoms with Gasteiger partial charge in [0.15, 0.2) is 17.5 Å². The molecule has 0 radical (unpaired) electrons. The van der Waals surface area contributed by atoms with Gasteiger partial charge in [0.25, 0.3) is 0 Å². The Morgan fingerprint density at radius 2 is 0.905 bits per heavy atom. The highest BCUT2D eigenvalue weighted by atomic mass is 16.3. The molecule has 3 heterocycles. The largest absolute Gasteiger partial charge is 0.456 e. The molecular weight excluding hydrogens is 769 g/mol. The van der Waals surface area contributed by atoms with Crippen LogP contribution in [0, 0.1) is 0 Å². The van der Waals surface area contributed by atoms with E-state index < -0.39 is 5.41 Å². The van der Waals surface area contributed by atoms with Gasteiger partial charge in [0, 0.05) is 33.2 Å². The number of hydrogen-bond acceptors (Lipinski definition) is 5. The van der Waals surface area contributed by atoms with Crippen molar-refractivity contribution in [2.45, 2.75) is 5.41 Å². The number of benzene rings is 9. The van der Waals surface area contributed by atoms with E-state index in [-0.39, 0.29) is 0 Å². The lowest BCUT2D eigenvalue weighted by molar-refractivity contribution is 0.669. The van der Waals surface area contributed by atoms with Gasteiger partial charge in [0.05, 0.1) is 16.8 Å². The van der Waals surface area contributed by atoms with Crippen LogP contribution in [0.2, 0.25) is 0 Å². The van der Waals surface area contributed by atoms with E-state index >= 15 is 0 Å². The fourth-order valence-electron chi connectivity index (χ4n) is 9.61. The van der Waals surface area contributed by atoms with Gasteiger partial charge in [-0.1, -0.05) is 188 Å². The van der Waals surface area contributed by atoms with Crippen molar-refractivity contribution in [3.8, 4) is 45.3 Å². The average molecular weight is 807 g/mol. The molecule has 0 aliphatic carbocycles. The molecule has 0 bridgehead atoms. The fourth-order valence-corrected chi connectivity index (χ4v) is 9.61.